The average Bonchev–Trinajstić information content (AvgIpc) is 2.58. The molecule has 2 amide bonds. The number of hydrogen-bond donors (Lipinski definition) is 1. The molecule has 4 nitrogen and oxygen atoms in total. The van der Waals surface area contributed by atoms with Crippen LogP contribution in [0.4, 0.5) is 0 Å². The third-order valence-electron chi connectivity index (χ3n) is 4.03. The van der Waals surface area contributed by atoms with E-state index in [-0.39, 0.29) is 17.7 Å². The molecule has 0 spiro atoms. The Morgan fingerprint density at radius 3 is 2.39 bits per heavy atom. The van der Waals surface area contributed by atoms with Gasteiger partial charge in [-0.15, -0.1) is 11.8 Å². The minimum Gasteiger partial charge on any atom is -0.343 e. The fraction of sp³-hybridized carbons (Fsp3) is 0.556. The van der Waals surface area contributed by atoms with E-state index in [1.54, 1.807) is 0 Å². The highest BCUT2D eigenvalue weighted by atomic mass is 32.2. The molecule has 1 aliphatic rings. The van der Waals surface area contributed by atoms with Crippen LogP contribution in [0.3, 0.4) is 0 Å². The van der Waals surface area contributed by atoms with E-state index in [2.05, 4.69) is 5.32 Å². The highest BCUT2D eigenvalue weighted by Crippen LogP contribution is 2.17. The quantitative estimate of drug-likeness (QED) is 0.814. The van der Waals surface area contributed by atoms with Crippen LogP contribution in [0.5, 0.6) is 0 Å². The first-order chi connectivity index (χ1) is 11.1. The summed E-state index contributed by atoms with van der Waals surface area (Å²) in [7, 11) is 0. The van der Waals surface area contributed by atoms with Crippen molar-refractivity contribution < 1.29 is 9.59 Å². The van der Waals surface area contributed by atoms with Gasteiger partial charge in [0.2, 0.25) is 11.8 Å². The first kappa shape index (κ1) is 17.9. The molecule has 23 heavy (non-hydrogen) atoms. The van der Waals surface area contributed by atoms with Crippen molar-refractivity contribution in [2.45, 2.75) is 44.0 Å². The average molecular weight is 334 g/mol. The fourth-order valence-electron chi connectivity index (χ4n) is 2.71. The lowest BCUT2D eigenvalue weighted by atomic mass is 10.0. The minimum absolute atomic E-state index is 0.0674. The Bertz CT molecular complexity index is 513. The smallest absolute Gasteiger partial charge is 0.245 e. The van der Waals surface area contributed by atoms with Gasteiger partial charge >= 0.3 is 0 Å². The van der Waals surface area contributed by atoms with Crippen LogP contribution < -0.4 is 5.32 Å². The van der Waals surface area contributed by atoms with Crippen molar-refractivity contribution in [3.8, 4) is 0 Å². The third-order valence-corrected chi connectivity index (χ3v) is 5.04. The van der Waals surface area contributed by atoms with Gasteiger partial charge in [0.15, 0.2) is 0 Å². The number of amides is 2. The molecule has 1 saturated heterocycles. The van der Waals surface area contributed by atoms with E-state index < -0.39 is 6.04 Å². The Morgan fingerprint density at radius 2 is 1.78 bits per heavy atom. The molecule has 0 aromatic heterocycles. The van der Waals surface area contributed by atoms with Crippen molar-refractivity contribution in [1.29, 1.82) is 0 Å². The van der Waals surface area contributed by atoms with E-state index in [1.807, 2.05) is 49.1 Å². The van der Waals surface area contributed by atoms with Crippen LogP contribution in [-0.2, 0) is 9.59 Å². The number of carbonyl (C=O) groups excluding carboxylic acids is 2. The Kier molecular flexibility index (Phi) is 6.96. The van der Waals surface area contributed by atoms with E-state index in [0.717, 1.165) is 30.8 Å². The number of thioether (sulfide) groups is 1. The van der Waals surface area contributed by atoms with Crippen LogP contribution in [0.1, 0.15) is 33.1 Å². The van der Waals surface area contributed by atoms with Gasteiger partial charge in [-0.3, -0.25) is 9.59 Å². The lowest BCUT2D eigenvalue weighted by Gasteiger charge is -2.32. The molecule has 1 unspecified atom stereocenters. The molecule has 2 rings (SSSR count). The number of likely N-dealkylation sites (tertiary alicyclic amines) is 1. The van der Waals surface area contributed by atoms with E-state index >= 15 is 0 Å². The fourth-order valence-corrected chi connectivity index (χ4v) is 3.44. The second-order valence-electron chi connectivity index (χ2n) is 6.28. The predicted octanol–water partition coefficient (Wildman–Crippen LogP) is 2.93. The Hall–Kier alpha value is -1.49. The van der Waals surface area contributed by atoms with Crippen molar-refractivity contribution in [3.05, 3.63) is 30.3 Å². The summed E-state index contributed by atoms with van der Waals surface area (Å²) in [6.07, 6.45) is 3.32. The topological polar surface area (TPSA) is 49.4 Å². The molecule has 1 aliphatic heterocycles. The molecule has 1 heterocycles. The summed E-state index contributed by atoms with van der Waals surface area (Å²) in [5.41, 5.74) is 0. The predicted molar refractivity (Wildman–Crippen MR) is 94.4 cm³/mol. The number of benzene rings is 1. The van der Waals surface area contributed by atoms with Gasteiger partial charge in [-0.05, 0) is 37.3 Å². The number of nitrogens with one attached hydrogen (secondary N) is 1. The van der Waals surface area contributed by atoms with E-state index in [4.69, 9.17) is 0 Å². The maximum Gasteiger partial charge on any atom is 0.245 e. The van der Waals surface area contributed by atoms with Gasteiger partial charge in [0.25, 0.3) is 0 Å². The summed E-state index contributed by atoms with van der Waals surface area (Å²) in [5.74, 6) is 0.413. The van der Waals surface area contributed by atoms with Crippen LogP contribution >= 0.6 is 11.8 Å². The van der Waals surface area contributed by atoms with Crippen LogP contribution in [-0.4, -0.2) is 41.6 Å². The summed E-state index contributed by atoms with van der Waals surface area (Å²) in [6, 6.07) is 9.41. The molecule has 1 fully saturated rings. The number of piperidine rings is 1. The molecule has 0 aliphatic carbocycles. The molecule has 0 saturated carbocycles. The maximum atomic E-state index is 12.7. The van der Waals surface area contributed by atoms with Gasteiger partial charge in [-0.2, -0.15) is 0 Å². The lowest BCUT2D eigenvalue weighted by Crippen LogP contribution is -2.52. The number of carbonyl (C=O) groups is 2. The van der Waals surface area contributed by atoms with Gasteiger partial charge in [0.05, 0.1) is 5.75 Å². The highest BCUT2D eigenvalue weighted by molar-refractivity contribution is 8.00. The number of rotatable bonds is 6. The molecule has 5 heteroatoms. The summed E-state index contributed by atoms with van der Waals surface area (Å²) in [4.78, 5) is 27.8. The van der Waals surface area contributed by atoms with Crippen molar-refractivity contribution in [3.63, 3.8) is 0 Å². The van der Waals surface area contributed by atoms with Gasteiger partial charge in [0.1, 0.15) is 6.04 Å². The van der Waals surface area contributed by atoms with E-state index in [0.29, 0.717) is 5.75 Å². The van der Waals surface area contributed by atoms with E-state index in [1.165, 1.54) is 18.2 Å². The molecular weight excluding hydrogens is 308 g/mol. The van der Waals surface area contributed by atoms with Gasteiger partial charge < -0.3 is 10.2 Å². The van der Waals surface area contributed by atoms with Crippen molar-refractivity contribution in [1.82, 2.24) is 10.2 Å². The monoisotopic (exact) mass is 334 g/mol. The van der Waals surface area contributed by atoms with Gasteiger partial charge in [-0.1, -0.05) is 32.0 Å². The summed E-state index contributed by atoms with van der Waals surface area (Å²) in [6.45, 7) is 5.60. The lowest BCUT2D eigenvalue weighted by molar-refractivity contribution is -0.138. The van der Waals surface area contributed by atoms with Crippen LogP contribution in [0.25, 0.3) is 0 Å². The highest BCUT2D eigenvalue weighted by Gasteiger charge is 2.29. The number of nitrogens with zero attached hydrogens (tertiary/aromatic N) is 1. The van der Waals surface area contributed by atoms with Crippen molar-refractivity contribution in [2.75, 3.05) is 18.8 Å². The van der Waals surface area contributed by atoms with Crippen LogP contribution in [0.15, 0.2) is 35.2 Å². The second kappa shape index (κ2) is 8.96. The van der Waals surface area contributed by atoms with Crippen molar-refractivity contribution >= 4 is 23.6 Å². The molecule has 1 N–H and O–H groups in total. The molecule has 0 radical (unpaired) electrons. The van der Waals surface area contributed by atoms with Crippen LogP contribution in [0, 0.1) is 5.92 Å². The first-order valence-electron chi connectivity index (χ1n) is 8.34. The van der Waals surface area contributed by atoms with Crippen molar-refractivity contribution in [2.24, 2.45) is 5.92 Å². The molecule has 1 aromatic carbocycles. The Labute approximate surface area is 143 Å². The standard InChI is InChI=1S/C18H26N2O2S/c1-14(2)17(18(22)20-11-7-4-8-12-20)19-16(21)13-23-15-9-5-3-6-10-15/h3,5-6,9-10,14,17H,4,7-8,11-13H2,1-2H3,(H,19,21). The first-order valence-corrected chi connectivity index (χ1v) is 9.32. The molecular formula is C18H26N2O2S. The normalized spacial score (nSPS) is 16.2. The zero-order valence-corrected chi connectivity index (χ0v) is 14.8. The SMILES string of the molecule is CC(C)C(NC(=O)CSc1ccccc1)C(=O)N1CCCCC1. The summed E-state index contributed by atoms with van der Waals surface area (Å²) < 4.78 is 0. The third kappa shape index (κ3) is 5.57. The Morgan fingerprint density at radius 1 is 1.13 bits per heavy atom. The zero-order chi connectivity index (χ0) is 16.7. The van der Waals surface area contributed by atoms with Gasteiger partial charge in [-0.25, -0.2) is 0 Å². The summed E-state index contributed by atoms with van der Waals surface area (Å²) >= 11 is 1.49. The molecule has 1 aromatic rings. The molecule has 126 valence electrons. The number of hydrogen-bond acceptors (Lipinski definition) is 3. The van der Waals surface area contributed by atoms with Crippen LogP contribution in [0.2, 0.25) is 0 Å². The largest absolute Gasteiger partial charge is 0.343 e. The molecule has 0 bridgehead atoms. The van der Waals surface area contributed by atoms with Gasteiger partial charge in [0, 0.05) is 18.0 Å². The second-order valence-corrected chi connectivity index (χ2v) is 7.33. The molecule has 1 atom stereocenters. The minimum atomic E-state index is -0.419. The zero-order valence-electron chi connectivity index (χ0n) is 14.0. The maximum absolute atomic E-state index is 12.7. The Balaban J connectivity index is 1.87. The summed E-state index contributed by atoms with van der Waals surface area (Å²) in [5, 5.41) is 2.93. The van der Waals surface area contributed by atoms with E-state index in [9.17, 15) is 9.59 Å².